The number of anilines is 1. The van der Waals surface area contributed by atoms with E-state index in [1.165, 1.54) is 4.68 Å². The maximum Gasteiger partial charge on any atom is 0.282 e. The van der Waals surface area contributed by atoms with E-state index >= 15 is 0 Å². The molecule has 8 nitrogen and oxygen atoms in total. The Labute approximate surface area is 155 Å². The standard InChI is InChI=1S/C19H18N6O2/c1-11-8-9-15(26-3)14(10-11)25-17(20)16(22-24-25)19-21-18(23-27-19)13-7-5-4-6-12(13)2/h4-10H,20H2,1-3H3. The third-order valence-corrected chi connectivity index (χ3v) is 4.28. The van der Waals surface area contributed by atoms with Crippen LogP contribution in [0.1, 0.15) is 11.1 Å². The lowest BCUT2D eigenvalue weighted by atomic mass is 10.1. The van der Waals surface area contributed by atoms with Crippen LogP contribution in [0.25, 0.3) is 28.7 Å². The summed E-state index contributed by atoms with van der Waals surface area (Å²) in [6.07, 6.45) is 0. The Balaban J connectivity index is 1.76. The van der Waals surface area contributed by atoms with Gasteiger partial charge in [0, 0.05) is 5.56 Å². The van der Waals surface area contributed by atoms with Crippen molar-refractivity contribution in [2.75, 3.05) is 12.8 Å². The van der Waals surface area contributed by atoms with Gasteiger partial charge in [0.05, 0.1) is 7.11 Å². The lowest BCUT2D eigenvalue weighted by Gasteiger charge is -2.09. The highest BCUT2D eigenvalue weighted by Crippen LogP contribution is 2.30. The molecule has 4 aromatic rings. The van der Waals surface area contributed by atoms with Crippen LogP contribution in [0, 0.1) is 13.8 Å². The Morgan fingerprint density at radius 1 is 1.11 bits per heavy atom. The van der Waals surface area contributed by atoms with Crippen LogP contribution in [0.2, 0.25) is 0 Å². The van der Waals surface area contributed by atoms with Crippen LogP contribution in [-0.4, -0.2) is 32.2 Å². The number of nitrogen functional groups attached to an aromatic ring is 1. The van der Waals surface area contributed by atoms with Crippen molar-refractivity contribution < 1.29 is 9.26 Å². The van der Waals surface area contributed by atoms with Crippen molar-refractivity contribution in [1.82, 2.24) is 25.1 Å². The van der Waals surface area contributed by atoms with Crippen LogP contribution in [0.15, 0.2) is 47.0 Å². The molecule has 2 aromatic heterocycles. The molecule has 2 aromatic carbocycles. The topological polar surface area (TPSA) is 105 Å². The minimum atomic E-state index is 0.212. The minimum Gasteiger partial charge on any atom is -0.494 e. The number of methoxy groups -OCH3 is 1. The Morgan fingerprint density at radius 2 is 1.93 bits per heavy atom. The van der Waals surface area contributed by atoms with Crippen molar-refractivity contribution in [3.05, 3.63) is 53.6 Å². The monoisotopic (exact) mass is 362 g/mol. The third kappa shape index (κ3) is 2.91. The second-order valence-electron chi connectivity index (χ2n) is 6.15. The molecule has 0 radical (unpaired) electrons. The SMILES string of the molecule is COc1ccc(C)cc1-n1nnc(-c2nc(-c3ccccc3C)no2)c1N. The van der Waals surface area contributed by atoms with Crippen LogP contribution >= 0.6 is 0 Å². The molecule has 0 aliphatic rings. The van der Waals surface area contributed by atoms with Crippen molar-refractivity contribution in [2.45, 2.75) is 13.8 Å². The molecule has 0 aliphatic carbocycles. The molecule has 0 atom stereocenters. The Kier molecular flexibility index (Phi) is 4.08. The van der Waals surface area contributed by atoms with Crippen LogP contribution in [-0.2, 0) is 0 Å². The molecule has 2 heterocycles. The van der Waals surface area contributed by atoms with Gasteiger partial charge < -0.3 is 15.0 Å². The van der Waals surface area contributed by atoms with Gasteiger partial charge in [0.25, 0.3) is 5.89 Å². The van der Waals surface area contributed by atoms with Crippen LogP contribution in [0.4, 0.5) is 5.82 Å². The lowest BCUT2D eigenvalue weighted by molar-refractivity contribution is 0.411. The van der Waals surface area contributed by atoms with Gasteiger partial charge in [0.15, 0.2) is 11.5 Å². The summed E-state index contributed by atoms with van der Waals surface area (Å²) >= 11 is 0. The number of hydrogen-bond acceptors (Lipinski definition) is 7. The number of aryl methyl sites for hydroxylation is 2. The maximum absolute atomic E-state index is 6.27. The van der Waals surface area contributed by atoms with Gasteiger partial charge in [0.2, 0.25) is 5.82 Å². The van der Waals surface area contributed by atoms with E-state index in [1.54, 1.807) is 7.11 Å². The zero-order valence-corrected chi connectivity index (χ0v) is 15.2. The van der Waals surface area contributed by atoms with Gasteiger partial charge in [-0.1, -0.05) is 40.7 Å². The lowest BCUT2D eigenvalue weighted by Crippen LogP contribution is -2.04. The van der Waals surface area contributed by atoms with Gasteiger partial charge in [-0.15, -0.1) is 5.10 Å². The summed E-state index contributed by atoms with van der Waals surface area (Å²) in [7, 11) is 1.59. The molecule has 136 valence electrons. The zero-order valence-electron chi connectivity index (χ0n) is 15.2. The molecule has 8 heteroatoms. The number of nitrogens with zero attached hydrogens (tertiary/aromatic N) is 5. The van der Waals surface area contributed by atoms with E-state index in [4.69, 9.17) is 15.0 Å². The first-order chi connectivity index (χ1) is 13.1. The molecule has 0 fully saturated rings. The highest BCUT2D eigenvalue weighted by molar-refractivity contribution is 5.68. The van der Waals surface area contributed by atoms with Gasteiger partial charge in [0.1, 0.15) is 11.4 Å². The van der Waals surface area contributed by atoms with Gasteiger partial charge in [-0.2, -0.15) is 9.67 Å². The minimum absolute atomic E-state index is 0.212. The molecule has 0 aliphatic heterocycles. The molecule has 27 heavy (non-hydrogen) atoms. The zero-order chi connectivity index (χ0) is 19.0. The molecule has 0 spiro atoms. The highest BCUT2D eigenvalue weighted by Gasteiger charge is 2.21. The van der Waals surface area contributed by atoms with Gasteiger partial charge in [-0.05, 0) is 37.1 Å². The second-order valence-corrected chi connectivity index (χ2v) is 6.15. The number of nitrogens with two attached hydrogens (primary N) is 1. The molecule has 0 unspecified atom stereocenters. The van der Waals surface area contributed by atoms with E-state index in [0.717, 1.165) is 16.7 Å². The van der Waals surface area contributed by atoms with E-state index < -0.39 is 0 Å². The van der Waals surface area contributed by atoms with Gasteiger partial charge in [-0.3, -0.25) is 0 Å². The van der Waals surface area contributed by atoms with Crippen LogP contribution in [0.3, 0.4) is 0 Å². The van der Waals surface area contributed by atoms with E-state index in [1.807, 2.05) is 56.3 Å². The van der Waals surface area contributed by atoms with E-state index in [-0.39, 0.29) is 5.89 Å². The summed E-state index contributed by atoms with van der Waals surface area (Å²) in [4.78, 5) is 4.43. The molecular formula is C19H18N6O2. The number of benzene rings is 2. The predicted molar refractivity (Wildman–Crippen MR) is 101 cm³/mol. The molecule has 4 rings (SSSR count). The smallest absolute Gasteiger partial charge is 0.282 e. The first-order valence-corrected chi connectivity index (χ1v) is 8.34. The van der Waals surface area contributed by atoms with Gasteiger partial charge in [-0.25, -0.2) is 0 Å². The largest absolute Gasteiger partial charge is 0.494 e. The molecule has 0 saturated heterocycles. The van der Waals surface area contributed by atoms with E-state index in [9.17, 15) is 0 Å². The summed E-state index contributed by atoms with van der Waals surface area (Å²) in [5.74, 6) is 1.61. The molecule has 0 saturated carbocycles. The first kappa shape index (κ1) is 16.8. The van der Waals surface area contributed by atoms with Crippen molar-refractivity contribution >= 4 is 5.82 Å². The Hall–Kier alpha value is -3.68. The summed E-state index contributed by atoms with van der Waals surface area (Å²) in [5, 5.41) is 12.3. The predicted octanol–water partition coefficient (Wildman–Crippen LogP) is 3.19. The van der Waals surface area contributed by atoms with Crippen molar-refractivity contribution in [3.63, 3.8) is 0 Å². The second kappa shape index (κ2) is 6.56. The maximum atomic E-state index is 6.27. The average molecular weight is 362 g/mol. The van der Waals surface area contributed by atoms with E-state index in [2.05, 4.69) is 20.5 Å². The van der Waals surface area contributed by atoms with E-state index in [0.29, 0.717) is 28.8 Å². The number of rotatable bonds is 4. The average Bonchev–Trinajstić information content (AvgIpc) is 3.28. The normalized spacial score (nSPS) is 10.9. The molecular weight excluding hydrogens is 344 g/mol. The molecule has 0 bridgehead atoms. The summed E-state index contributed by atoms with van der Waals surface area (Å²) in [6.45, 7) is 3.96. The van der Waals surface area contributed by atoms with Crippen LogP contribution < -0.4 is 10.5 Å². The highest BCUT2D eigenvalue weighted by atomic mass is 16.5. The Morgan fingerprint density at radius 3 is 2.70 bits per heavy atom. The summed E-state index contributed by atoms with van der Waals surface area (Å²) in [5.41, 5.74) is 10.3. The first-order valence-electron chi connectivity index (χ1n) is 8.34. The Bertz CT molecular complexity index is 1120. The number of hydrogen-bond donors (Lipinski definition) is 1. The third-order valence-electron chi connectivity index (χ3n) is 4.28. The van der Waals surface area contributed by atoms with Crippen molar-refractivity contribution in [3.8, 4) is 34.4 Å². The quantitative estimate of drug-likeness (QED) is 0.594. The van der Waals surface area contributed by atoms with Crippen molar-refractivity contribution in [2.24, 2.45) is 0 Å². The number of aromatic nitrogens is 5. The van der Waals surface area contributed by atoms with Crippen molar-refractivity contribution in [1.29, 1.82) is 0 Å². The molecule has 0 amide bonds. The summed E-state index contributed by atoms with van der Waals surface area (Å²) in [6, 6.07) is 13.5. The summed E-state index contributed by atoms with van der Waals surface area (Å²) < 4.78 is 12.3. The van der Waals surface area contributed by atoms with Gasteiger partial charge >= 0.3 is 0 Å². The fourth-order valence-corrected chi connectivity index (χ4v) is 2.84. The fourth-order valence-electron chi connectivity index (χ4n) is 2.84. The van der Waals surface area contributed by atoms with Crippen LogP contribution in [0.5, 0.6) is 5.75 Å². The molecule has 2 N–H and O–H groups in total. The fraction of sp³-hybridized carbons (Fsp3) is 0.158. The number of ether oxygens (including phenoxy) is 1.